The lowest BCUT2D eigenvalue weighted by Crippen LogP contribution is -2.36. The standard InChI is InChI=1S/C12H24N2O2/c1-6-14(7-2)11(5)16-12(15)9(3)8-10(4)13/h8,10-11H,6-7,13H2,1-5H3/b9-8+. The van der Waals surface area contributed by atoms with Crippen LogP contribution in [0.2, 0.25) is 0 Å². The van der Waals surface area contributed by atoms with Crippen LogP contribution in [0.3, 0.4) is 0 Å². The van der Waals surface area contributed by atoms with E-state index in [1.807, 2.05) is 27.7 Å². The molecule has 0 bridgehead atoms. The van der Waals surface area contributed by atoms with Crippen LogP contribution in [0.1, 0.15) is 34.6 Å². The Bertz CT molecular complexity index is 245. The molecular weight excluding hydrogens is 204 g/mol. The molecule has 0 saturated carbocycles. The number of ether oxygens (including phenoxy) is 1. The van der Waals surface area contributed by atoms with Crippen LogP contribution in [0.25, 0.3) is 0 Å². The van der Waals surface area contributed by atoms with Crippen molar-refractivity contribution in [1.29, 1.82) is 0 Å². The van der Waals surface area contributed by atoms with Gasteiger partial charge in [-0.25, -0.2) is 4.79 Å². The second-order valence-corrected chi connectivity index (χ2v) is 3.93. The average molecular weight is 228 g/mol. The summed E-state index contributed by atoms with van der Waals surface area (Å²) in [6, 6.07) is -0.128. The van der Waals surface area contributed by atoms with Gasteiger partial charge in [-0.3, -0.25) is 4.90 Å². The SMILES string of the molecule is CCN(CC)C(C)OC(=O)/C(C)=C/C(C)N. The Morgan fingerprint density at radius 1 is 1.38 bits per heavy atom. The van der Waals surface area contributed by atoms with Gasteiger partial charge in [0.1, 0.15) is 0 Å². The lowest BCUT2D eigenvalue weighted by atomic mass is 10.2. The summed E-state index contributed by atoms with van der Waals surface area (Å²) in [4.78, 5) is 13.7. The Labute approximate surface area is 98.4 Å². The first-order valence-electron chi connectivity index (χ1n) is 5.81. The maximum atomic E-state index is 11.7. The first-order valence-corrected chi connectivity index (χ1v) is 5.81. The van der Waals surface area contributed by atoms with Gasteiger partial charge in [0.2, 0.25) is 0 Å². The van der Waals surface area contributed by atoms with Gasteiger partial charge in [0, 0.05) is 11.6 Å². The van der Waals surface area contributed by atoms with Crippen LogP contribution in [0.15, 0.2) is 11.6 Å². The molecule has 0 fully saturated rings. The fraction of sp³-hybridized carbons (Fsp3) is 0.750. The van der Waals surface area contributed by atoms with Gasteiger partial charge in [0.15, 0.2) is 6.23 Å². The summed E-state index contributed by atoms with van der Waals surface area (Å²) in [6.07, 6.45) is 1.51. The molecule has 0 aliphatic carbocycles. The van der Waals surface area contributed by atoms with E-state index in [-0.39, 0.29) is 18.2 Å². The van der Waals surface area contributed by atoms with Crippen molar-refractivity contribution in [3.05, 3.63) is 11.6 Å². The summed E-state index contributed by atoms with van der Waals surface area (Å²) in [5.74, 6) is -0.295. The number of rotatable bonds is 6. The van der Waals surface area contributed by atoms with Gasteiger partial charge in [-0.05, 0) is 33.9 Å². The Balaban J connectivity index is 4.34. The topological polar surface area (TPSA) is 55.6 Å². The van der Waals surface area contributed by atoms with Gasteiger partial charge in [0.25, 0.3) is 0 Å². The van der Waals surface area contributed by atoms with Gasteiger partial charge in [0.05, 0.1) is 0 Å². The van der Waals surface area contributed by atoms with Crippen molar-refractivity contribution < 1.29 is 9.53 Å². The van der Waals surface area contributed by atoms with E-state index in [0.717, 1.165) is 13.1 Å². The quantitative estimate of drug-likeness (QED) is 0.425. The van der Waals surface area contributed by atoms with Crippen LogP contribution in [-0.4, -0.2) is 36.2 Å². The van der Waals surface area contributed by atoms with Gasteiger partial charge in [-0.1, -0.05) is 19.9 Å². The van der Waals surface area contributed by atoms with Crippen LogP contribution in [0.5, 0.6) is 0 Å². The van der Waals surface area contributed by atoms with Gasteiger partial charge in [-0.15, -0.1) is 0 Å². The van der Waals surface area contributed by atoms with Crippen molar-refractivity contribution in [1.82, 2.24) is 4.90 Å². The third-order valence-corrected chi connectivity index (χ3v) is 2.44. The van der Waals surface area contributed by atoms with E-state index in [1.54, 1.807) is 13.0 Å². The molecule has 4 nitrogen and oxygen atoms in total. The highest BCUT2D eigenvalue weighted by Gasteiger charge is 2.15. The minimum Gasteiger partial charge on any atom is -0.443 e. The van der Waals surface area contributed by atoms with Crippen molar-refractivity contribution in [2.75, 3.05) is 13.1 Å². The van der Waals surface area contributed by atoms with E-state index in [1.165, 1.54) is 0 Å². The molecule has 0 aromatic carbocycles. The number of hydrogen-bond acceptors (Lipinski definition) is 4. The fourth-order valence-electron chi connectivity index (χ4n) is 1.52. The molecule has 2 unspecified atom stereocenters. The third kappa shape index (κ3) is 5.28. The number of esters is 1. The normalized spacial score (nSPS) is 16.1. The van der Waals surface area contributed by atoms with Crippen LogP contribution in [-0.2, 0) is 9.53 Å². The summed E-state index contributed by atoms with van der Waals surface area (Å²) in [5, 5.41) is 0. The molecule has 2 atom stereocenters. The predicted octanol–water partition coefficient (Wildman–Crippen LogP) is 1.51. The lowest BCUT2D eigenvalue weighted by molar-refractivity contribution is -0.152. The molecule has 0 saturated heterocycles. The molecule has 0 aliphatic heterocycles. The maximum absolute atomic E-state index is 11.7. The summed E-state index contributed by atoms with van der Waals surface area (Å²) < 4.78 is 5.32. The molecule has 94 valence electrons. The van der Waals surface area contributed by atoms with E-state index < -0.39 is 0 Å². The second-order valence-electron chi connectivity index (χ2n) is 3.93. The van der Waals surface area contributed by atoms with Crippen molar-refractivity contribution in [3.63, 3.8) is 0 Å². The Hall–Kier alpha value is -0.870. The third-order valence-electron chi connectivity index (χ3n) is 2.44. The fourth-order valence-corrected chi connectivity index (χ4v) is 1.52. The molecule has 0 amide bonds. The van der Waals surface area contributed by atoms with E-state index in [2.05, 4.69) is 4.90 Å². The summed E-state index contributed by atoms with van der Waals surface area (Å²) in [5.41, 5.74) is 6.14. The predicted molar refractivity (Wildman–Crippen MR) is 65.9 cm³/mol. The van der Waals surface area contributed by atoms with Gasteiger partial charge < -0.3 is 10.5 Å². The number of carbonyl (C=O) groups is 1. The van der Waals surface area contributed by atoms with Crippen molar-refractivity contribution in [2.45, 2.75) is 46.9 Å². The van der Waals surface area contributed by atoms with E-state index >= 15 is 0 Å². The highest BCUT2D eigenvalue weighted by Crippen LogP contribution is 2.05. The van der Waals surface area contributed by atoms with Gasteiger partial charge in [-0.2, -0.15) is 0 Å². The first kappa shape index (κ1) is 15.1. The number of hydrogen-bond donors (Lipinski definition) is 1. The average Bonchev–Trinajstić information content (AvgIpc) is 2.18. The van der Waals surface area contributed by atoms with Crippen LogP contribution >= 0.6 is 0 Å². The van der Waals surface area contributed by atoms with Crippen LogP contribution in [0, 0.1) is 0 Å². The molecule has 0 heterocycles. The zero-order valence-electron chi connectivity index (χ0n) is 11.0. The lowest BCUT2D eigenvalue weighted by Gasteiger charge is -2.26. The molecular formula is C12H24N2O2. The minimum absolute atomic E-state index is 0.128. The minimum atomic E-state index is -0.295. The molecule has 0 aliphatic rings. The smallest absolute Gasteiger partial charge is 0.335 e. The Morgan fingerprint density at radius 2 is 1.88 bits per heavy atom. The van der Waals surface area contributed by atoms with Crippen LogP contribution < -0.4 is 5.73 Å². The molecule has 0 rings (SSSR count). The number of carbonyl (C=O) groups excluding carboxylic acids is 1. The molecule has 0 radical (unpaired) electrons. The zero-order valence-corrected chi connectivity index (χ0v) is 11.0. The molecule has 16 heavy (non-hydrogen) atoms. The van der Waals surface area contributed by atoms with E-state index in [9.17, 15) is 4.79 Å². The molecule has 0 aromatic heterocycles. The largest absolute Gasteiger partial charge is 0.443 e. The molecule has 0 spiro atoms. The van der Waals surface area contributed by atoms with Gasteiger partial charge >= 0.3 is 5.97 Å². The molecule has 2 N–H and O–H groups in total. The molecule has 0 aromatic rings. The van der Waals surface area contributed by atoms with Crippen molar-refractivity contribution in [3.8, 4) is 0 Å². The summed E-state index contributed by atoms with van der Waals surface area (Å²) in [6.45, 7) is 11.2. The highest BCUT2D eigenvalue weighted by molar-refractivity contribution is 5.87. The zero-order chi connectivity index (χ0) is 12.7. The highest BCUT2D eigenvalue weighted by atomic mass is 16.6. The van der Waals surface area contributed by atoms with Crippen molar-refractivity contribution >= 4 is 5.97 Å². The summed E-state index contributed by atoms with van der Waals surface area (Å²) in [7, 11) is 0. The second kappa shape index (κ2) is 7.41. The molecule has 4 heteroatoms. The number of nitrogens with zero attached hydrogens (tertiary/aromatic N) is 1. The Morgan fingerprint density at radius 3 is 2.25 bits per heavy atom. The maximum Gasteiger partial charge on any atom is 0.335 e. The summed E-state index contributed by atoms with van der Waals surface area (Å²) >= 11 is 0. The first-order chi connectivity index (χ1) is 7.42. The van der Waals surface area contributed by atoms with E-state index in [0.29, 0.717) is 5.57 Å². The van der Waals surface area contributed by atoms with Crippen LogP contribution in [0.4, 0.5) is 0 Å². The van der Waals surface area contributed by atoms with Crippen molar-refractivity contribution in [2.24, 2.45) is 5.73 Å². The number of nitrogens with two attached hydrogens (primary N) is 1. The monoisotopic (exact) mass is 228 g/mol. The Kier molecular flexibility index (Phi) is 7.01. The van der Waals surface area contributed by atoms with E-state index in [4.69, 9.17) is 10.5 Å².